The standard InChI is InChI=1S/C19H24ClN5O.ClH/c1-12(21)14-5-4-10-24(11-14)19(26)17-22-18(13-8-9-13)25(23-17)16-7-3-2-6-15(16)20;/h2-3,6-7,12-14H,4-5,8-11,21H2,1H3;1H. The predicted octanol–water partition coefficient (Wildman–Crippen LogP) is 3.42. The van der Waals surface area contributed by atoms with Gasteiger partial charge in [-0.3, -0.25) is 4.79 Å². The minimum absolute atomic E-state index is 0. The number of piperidine rings is 1. The van der Waals surface area contributed by atoms with E-state index in [-0.39, 0.29) is 30.2 Å². The van der Waals surface area contributed by atoms with Gasteiger partial charge in [0, 0.05) is 25.0 Å². The molecule has 1 aliphatic carbocycles. The molecule has 4 rings (SSSR count). The van der Waals surface area contributed by atoms with Gasteiger partial charge in [0.25, 0.3) is 5.91 Å². The molecule has 2 fully saturated rings. The van der Waals surface area contributed by atoms with Crippen molar-refractivity contribution in [2.75, 3.05) is 13.1 Å². The summed E-state index contributed by atoms with van der Waals surface area (Å²) in [6.45, 7) is 3.42. The third kappa shape index (κ3) is 4.13. The van der Waals surface area contributed by atoms with Crippen molar-refractivity contribution in [2.45, 2.75) is 44.6 Å². The third-order valence-corrected chi connectivity index (χ3v) is 5.65. The van der Waals surface area contributed by atoms with Crippen molar-refractivity contribution in [3.63, 3.8) is 0 Å². The first-order valence-corrected chi connectivity index (χ1v) is 9.69. The number of amides is 1. The van der Waals surface area contributed by atoms with E-state index < -0.39 is 0 Å². The van der Waals surface area contributed by atoms with Gasteiger partial charge in [-0.15, -0.1) is 17.5 Å². The Balaban J connectivity index is 0.00000210. The lowest BCUT2D eigenvalue weighted by Crippen LogP contribution is -2.45. The molecule has 0 spiro atoms. The lowest BCUT2D eigenvalue weighted by atomic mass is 9.92. The number of hydrogen-bond acceptors (Lipinski definition) is 4. The average molecular weight is 410 g/mol. The SMILES string of the molecule is CC(N)C1CCCN(C(=O)c2nc(C3CC3)n(-c3ccccc3Cl)n2)C1.Cl. The summed E-state index contributed by atoms with van der Waals surface area (Å²) in [4.78, 5) is 19.5. The van der Waals surface area contributed by atoms with E-state index in [0.717, 1.165) is 43.7 Å². The Morgan fingerprint density at radius 2 is 2.04 bits per heavy atom. The molecule has 6 nitrogen and oxygen atoms in total. The Morgan fingerprint density at radius 1 is 1.30 bits per heavy atom. The summed E-state index contributed by atoms with van der Waals surface area (Å²) in [7, 11) is 0. The van der Waals surface area contributed by atoms with Gasteiger partial charge in [0.1, 0.15) is 5.82 Å². The molecule has 146 valence electrons. The molecule has 1 aromatic heterocycles. The Hall–Kier alpha value is -1.63. The van der Waals surface area contributed by atoms with Gasteiger partial charge in [0.2, 0.25) is 5.82 Å². The number of rotatable bonds is 4. The minimum atomic E-state index is -0.108. The van der Waals surface area contributed by atoms with E-state index in [1.807, 2.05) is 36.1 Å². The summed E-state index contributed by atoms with van der Waals surface area (Å²) in [5, 5.41) is 5.15. The quantitative estimate of drug-likeness (QED) is 0.838. The van der Waals surface area contributed by atoms with Crippen molar-refractivity contribution in [1.82, 2.24) is 19.7 Å². The van der Waals surface area contributed by atoms with Crippen LogP contribution in [0.2, 0.25) is 5.02 Å². The second-order valence-corrected chi connectivity index (χ2v) is 7.85. The van der Waals surface area contributed by atoms with Gasteiger partial charge in [-0.05, 0) is 50.7 Å². The molecule has 2 unspecified atom stereocenters. The number of carbonyl (C=O) groups excluding carboxylic acids is 1. The zero-order valence-electron chi connectivity index (χ0n) is 15.3. The zero-order chi connectivity index (χ0) is 18.3. The van der Waals surface area contributed by atoms with Crippen LogP contribution in [0.1, 0.15) is 55.0 Å². The molecular weight excluding hydrogens is 385 g/mol. The van der Waals surface area contributed by atoms with Gasteiger partial charge in [0.05, 0.1) is 10.7 Å². The van der Waals surface area contributed by atoms with E-state index >= 15 is 0 Å². The number of carbonyl (C=O) groups is 1. The van der Waals surface area contributed by atoms with E-state index in [1.54, 1.807) is 4.68 Å². The summed E-state index contributed by atoms with van der Waals surface area (Å²) >= 11 is 6.35. The first-order valence-electron chi connectivity index (χ1n) is 9.31. The number of nitrogens with two attached hydrogens (primary N) is 1. The molecule has 0 bridgehead atoms. The van der Waals surface area contributed by atoms with Gasteiger partial charge < -0.3 is 10.6 Å². The fourth-order valence-corrected chi connectivity index (χ4v) is 3.80. The Morgan fingerprint density at radius 3 is 2.70 bits per heavy atom. The van der Waals surface area contributed by atoms with Crippen LogP contribution >= 0.6 is 24.0 Å². The van der Waals surface area contributed by atoms with Crippen LogP contribution in [-0.2, 0) is 0 Å². The normalized spacial score (nSPS) is 20.9. The van der Waals surface area contributed by atoms with E-state index in [0.29, 0.717) is 23.4 Å². The fraction of sp³-hybridized carbons (Fsp3) is 0.526. The van der Waals surface area contributed by atoms with Gasteiger partial charge in [-0.1, -0.05) is 23.7 Å². The first kappa shape index (κ1) is 20.1. The zero-order valence-corrected chi connectivity index (χ0v) is 16.9. The van der Waals surface area contributed by atoms with Crippen LogP contribution in [0.3, 0.4) is 0 Å². The molecule has 2 aliphatic rings. The van der Waals surface area contributed by atoms with Crippen molar-refractivity contribution >= 4 is 29.9 Å². The maximum Gasteiger partial charge on any atom is 0.293 e. The highest BCUT2D eigenvalue weighted by molar-refractivity contribution is 6.32. The largest absolute Gasteiger partial charge is 0.336 e. The van der Waals surface area contributed by atoms with Gasteiger partial charge in [0.15, 0.2) is 0 Å². The molecule has 1 saturated heterocycles. The highest BCUT2D eigenvalue weighted by atomic mass is 35.5. The molecule has 1 aromatic carbocycles. The van der Waals surface area contributed by atoms with Crippen LogP contribution in [0.25, 0.3) is 5.69 Å². The Kier molecular flexibility index (Phi) is 6.08. The summed E-state index contributed by atoms with van der Waals surface area (Å²) in [5.41, 5.74) is 6.82. The second kappa shape index (κ2) is 8.17. The highest BCUT2D eigenvalue weighted by Crippen LogP contribution is 2.40. The fourth-order valence-electron chi connectivity index (χ4n) is 3.59. The monoisotopic (exact) mass is 409 g/mol. The predicted molar refractivity (Wildman–Crippen MR) is 108 cm³/mol. The molecular formula is C19H25Cl2N5O. The summed E-state index contributed by atoms with van der Waals surface area (Å²) < 4.78 is 1.75. The molecule has 1 amide bonds. The molecule has 1 saturated carbocycles. The van der Waals surface area contributed by atoms with Crippen molar-refractivity contribution in [1.29, 1.82) is 0 Å². The topological polar surface area (TPSA) is 77.0 Å². The number of aromatic nitrogens is 3. The van der Waals surface area contributed by atoms with Crippen molar-refractivity contribution in [2.24, 2.45) is 11.7 Å². The van der Waals surface area contributed by atoms with Crippen molar-refractivity contribution in [3.8, 4) is 5.69 Å². The van der Waals surface area contributed by atoms with Crippen LogP contribution in [0.5, 0.6) is 0 Å². The maximum absolute atomic E-state index is 13.0. The summed E-state index contributed by atoms with van der Waals surface area (Å²) in [6.07, 6.45) is 4.19. The molecule has 0 radical (unpaired) electrons. The third-order valence-electron chi connectivity index (χ3n) is 5.34. The van der Waals surface area contributed by atoms with Gasteiger partial charge in [-0.25, -0.2) is 9.67 Å². The molecule has 2 atom stereocenters. The average Bonchev–Trinajstić information content (AvgIpc) is 3.40. The van der Waals surface area contributed by atoms with Gasteiger partial charge in [-0.2, -0.15) is 0 Å². The summed E-state index contributed by atoms with van der Waals surface area (Å²) in [6, 6.07) is 7.62. The van der Waals surface area contributed by atoms with E-state index in [4.69, 9.17) is 17.3 Å². The Bertz CT molecular complexity index is 818. The van der Waals surface area contributed by atoms with Crippen molar-refractivity contribution < 1.29 is 4.79 Å². The first-order chi connectivity index (χ1) is 12.5. The summed E-state index contributed by atoms with van der Waals surface area (Å²) in [5.74, 6) is 1.68. The molecule has 2 aromatic rings. The maximum atomic E-state index is 13.0. The van der Waals surface area contributed by atoms with Crippen LogP contribution in [0.15, 0.2) is 24.3 Å². The molecule has 1 aliphatic heterocycles. The molecule has 8 heteroatoms. The van der Waals surface area contributed by atoms with E-state index in [9.17, 15) is 4.79 Å². The smallest absolute Gasteiger partial charge is 0.293 e. The van der Waals surface area contributed by atoms with Crippen LogP contribution in [0, 0.1) is 5.92 Å². The van der Waals surface area contributed by atoms with E-state index in [2.05, 4.69) is 10.1 Å². The second-order valence-electron chi connectivity index (χ2n) is 7.44. The lowest BCUT2D eigenvalue weighted by molar-refractivity contribution is 0.0648. The number of halogens is 2. The highest BCUT2D eigenvalue weighted by Gasteiger charge is 2.34. The minimum Gasteiger partial charge on any atom is -0.336 e. The number of benzene rings is 1. The molecule has 27 heavy (non-hydrogen) atoms. The number of nitrogens with zero attached hydrogens (tertiary/aromatic N) is 4. The lowest BCUT2D eigenvalue weighted by Gasteiger charge is -2.33. The number of hydrogen-bond donors (Lipinski definition) is 1. The number of para-hydroxylation sites is 1. The van der Waals surface area contributed by atoms with E-state index in [1.165, 1.54) is 0 Å². The number of likely N-dealkylation sites (tertiary alicyclic amines) is 1. The van der Waals surface area contributed by atoms with Gasteiger partial charge >= 0.3 is 0 Å². The molecule has 2 heterocycles. The van der Waals surface area contributed by atoms with Crippen LogP contribution in [-0.4, -0.2) is 44.7 Å². The van der Waals surface area contributed by atoms with Crippen molar-refractivity contribution in [3.05, 3.63) is 40.9 Å². The Labute approximate surface area is 170 Å². The van der Waals surface area contributed by atoms with Crippen LogP contribution in [0.4, 0.5) is 0 Å². The molecule has 2 N–H and O–H groups in total. The van der Waals surface area contributed by atoms with Crippen LogP contribution < -0.4 is 5.73 Å².